The van der Waals surface area contributed by atoms with Crippen molar-refractivity contribution in [3.8, 4) is 0 Å². The molecule has 1 saturated heterocycles. The molecule has 1 heterocycles. The molecule has 0 aromatic heterocycles. The number of carbonyl (C=O) groups is 1. The Bertz CT molecular complexity index is 182. The summed E-state index contributed by atoms with van der Waals surface area (Å²) in [5, 5.41) is 0. The van der Waals surface area contributed by atoms with Gasteiger partial charge in [-0.25, -0.2) is 0 Å². The first kappa shape index (κ1) is 10.5. The molecule has 76 valence electrons. The first-order valence-corrected chi connectivity index (χ1v) is 5.03. The van der Waals surface area contributed by atoms with Gasteiger partial charge in [0.25, 0.3) is 0 Å². The average molecular weight is 185 g/mol. The third-order valence-electron chi connectivity index (χ3n) is 2.89. The van der Waals surface area contributed by atoms with Crippen LogP contribution in [0.2, 0.25) is 0 Å². The Labute approximate surface area is 80.1 Å². The van der Waals surface area contributed by atoms with E-state index < -0.39 is 0 Å². The molecular weight excluding hydrogens is 166 g/mol. The normalized spacial score (nSPS) is 30.1. The Balaban J connectivity index is 2.52. The third kappa shape index (κ3) is 2.44. The molecule has 0 aromatic rings. The molecule has 0 saturated carbocycles. The molecule has 0 bridgehead atoms. The van der Waals surface area contributed by atoms with E-state index in [1.54, 1.807) is 0 Å². The van der Waals surface area contributed by atoms with Crippen molar-refractivity contribution >= 4 is 5.97 Å². The molecule has 1 rings (SSSR count). The van der Waals surface area contributed by atoms with Crippen LogP contribution < -0.4 is 0 Å². The minimum atomic E-state index is -0.0263. The van der Waals surface area contributed by atoms with Crippen molar-refractivity contribution in [3.63, 3.8) is 0 Å². The van der Waals surface area contributed by atoms with Crippen molar-refractivity contribution in [2.45, 2.75) is 32.7 Å². The van der Waals surface area contributed by atoms with Gasteiger partial charge in [-0.3, -0.25) is 4.79 Å². The molecule has 1 aliphatic heterocycles. The van der Waals surface area contributed by atoms with Gasteiger partial charge in [0.15, 0.2) is 0 Å². The molecule has 2 atom stereocenters. The predicted molar refractivity (Wildman–Crippen MR) is 51.4 cm³/mol. The lowest BCUT2D eigenvalue weighted by Crippen LogP contribution is -2.44. The van der Waals surface area contributed by atoms with E-state index in [1.807, 2.05) is 6.92 Å². The van der Waals surface area contributed by atoms with Crippen LogP contribution in [0.15, 0.2) is 0 Å². The van der Waals surface area contributed by atoms with E-state index >= 15 is 0 Å². The van der Waals surface area contributed by atoms with Crippen molar-refractivity contribution in [1.82, 2.24) is 4.90 Å². The highest BCUT2D eigenvalue weighted by molar-refractivity contribution is 5.73. The van der Waals surface area contributed by atoms with Crippen molar-refractivity contribution in [1.29, 1.82) is 0 Å². The second-order valence-electron chi connectivity index (χ2n) is 3.72. The van der Waals surface area contributed by atoms with Crippen LogP contribution in [-0.2, 0) is 9.53 Å². The number of likely N-dealkylation sites (tertiary alicyclic amines) is 1. The second kappa shape index (κ2) is 4.61. The number of nitrogens with zero attached hydrogens (tertiary/aromatic N) is 1. The van der Waals surface area contributed by atoms with Crippen molar-refractivity contribution < 1.29 is 9.53 Å². The van der Waals surface area contributed by atoms with E-state index in [-0.39, 0.29) is 11.9 Å². The number of hydrogen-bond donors (Lipinski definition) is 0. The second-order valence-corrected chi connectivity index (χ2v) is 3.72. The molecule has 1 aliphatic rings. The van der Waals surface area contributed by atoms with Gasteiger partial charge < -0.3 is 9.64 Å². The Morgan fingerprint density at radius 2 is 2.31 bits per heavy atom. The van der Waals surface area contributed by atoms with Gasteiger partial charge in [-0.1, -0.05) is 0 Å². The number of esters is 1. The molecular formula is C10H19NO2. The smallest absolute Gasteiger partial charge is 0.310 e. The fourth-order valence-corrected chi connectivity index (χ4v) is 1.88. The largest absolute Gasteiger partial charge is 0.466 e. The topological polar surface area (TPSA) is 29.5 Å². The molecule has 1 fully saturated rings. The molecule has 0 amide bonds. The van der Waals surface area contributed by atoms with Gasteiger partial charge in [-0.15, -0.1) is 0 Å². The fraction of sp³-hybridized carbons (Fsp3) is 0.900. The predicted octanol–water partition coefficient (Wildman–Crippen LogP) is 1.28. The summed E-state index contributed by atoms with van der Waals surface area (Å²) < 4.78 is 5.03. The summed E-state index contributed by atoms with van der Waals surface area (Å²) in [7, 11) is 2.07. The molecule has 3 heteroatoms. The number of carbonyl (C=O) groups excluding carboxylic acids is 1. The van der Waals surface area contributed by atoms with Gasteiger partial charge in [-0.05, 0) is 40.3 Å². The molecule has 13 heavy (non-hydrogen) atoms. The van der Waals surface area contributed by atoms with Crippen LogP contribution in [0, 0.1) is 5.92 Å². The molecule has 0 aliphatic carbocycles. The lowest BCUT2D eigenvalue weighted by atomic mass is 9.91. The zero-order valence-electron chi connectivity index (χ0n) is 8.75. The quantitative estimate of drug-likeness (QED) is 0.607. The SMILES string of the molecule is CCOC(=O)C1CCCN(C)C1C. The van der Waals surface area contributed by atoms with Crippen molar-refractivity contribution in [3.05, 3.63) is 0 Å². The summed E-state index contributed by atoms with van der Waals surface area (Å²) in [6.45, 7) is 5.54. The molecule has 0 spiro atoms. The van der Waals surface area contributed by atoms with E-state index in [0.29, 0.717) is 12.6 Å². The zero-order valence-corrected chi connectivity index (χ0v) is 8.75. The zero-order chi connectivity index (χ0) is 9.84. The number of hydrogen-bond acceptors (Lipinski definition) is 3. The Kier molecular flexibility index (Phi) is 3.72. The average Bonchev–Trinajstić information content (AvgIpc) is 2.10. The number of piperidine rings is 1. The highest BCUT2D eigenvalue weighted by Gasteiger charge is 2.31. The maximum absolute atomic E-state index is 11.5. The summed E-state index contributed by atoms with van der Waals surface area (Å²) in [4.78, 5) is 13.7. The van der Waals surface area contributed by atoms with E-state index in [4.69, 9.17) is 4.74 Å². The van der Waals surface area contributed by atoms with Crippen LogP contribution >= 0.6 is 0 Å². The van der Waals surface area contributed by atoms with Crippen LogP contribution in [0.5, 0.6) is 0 Å². The van der Waals surface area contributed by atoms with E-state index in [9.17, 15) is 4.79 Å². The van der Waals surface area contributed by atoms with Crippen LogP contribution in [-0.4, -0.2) is 37.1 Å². The first-order valence-electron chi connectivity index (χ1n) is 5.03. The van der Waals surface area contributed by atoms with E-state index in [0.717, 1.165) is 19.4 Å². The van der Waals surface area contributed by atoms with Gasteiger partial charge in [-0.2, -0.15) is 0 Å². The summed E-state index contributed by atoms with van der Waals surface area (Å²) in [6.07, 6.45) is 2.08. The fourth-order valence-electron chi connectivity index (χ4n) is 1.88. The number of rotatable bonds is 2. The Morgan fingerprint density at radius 3 is 2.92 bits per heavy atom. The van der Waals surface area contributed by atoms with Crippen LogP contribution in [0.3, 0.4) is 0 Å². The monoisotopic (exact) mass is 185 g/mol. The Hall–Kier alpha value is -0.570. The maximum Gasteiger partial charge on any atom is 0.310 e. The molecule has 0 aromatic carbocycles. The molecule has 3 nitrogen and oxygen atoms in total. The Morgan fingerprint density at radius 1 is 1.62 bits per heavy atom. The summed E-state index contributed by atoms with van der Waals surface area (Å²) in [6, 6.07) is 0.327. The minimum Gasteiger partial charge on any atom is -0.466 e. The lowest BCUT2D eigenvalue weighted by Gasteiger charge is -2.35. The summed E-state index contributed by atoms with van der Waals surface area (Å²) in [5.74, 6) is 0.0558. The number of ether oxygens (including phenoxy) is 1. The van der Waals surface area contributed by atoms with Crippen molar-refractivity contribution in [2.24, 2.45) is 5.92 Å². The van der Waals surface area contributed by atoms with Crippen LogP contribution in [0.25, 0.3) is 0 Å². The van der Waals surface area contributed by atoms with Gasteiger partial charge in [0.2, 0.25) is 0 Å². The first-order chi connectivity index (χ1) is 6.16. The highest BCUT2D eigenvalue weighted by Crippen LogP contribution is 2.23. The van der Waals surface area contributed by atoms with Crippen LogP contribution in [0.1, 0.15) is 26.7 Å². The van der Waals surface area contributed by atoms with E-state index in [2.05, 4.69) is 18.9 Å². The van der Waals surface area contributed by atoms with Gasteiger partial charge in [0.1, 0.15) is 0 Å². The third-order valence-corrected chi connectivity index (χ3v) is 2.89. The van der Waals surface area contributed by atoms with Crippen molar-refractivity contribution in [2.75, 3.05) is 20.2 Å². The van der Waals surface area contributed by atoms with E-state index in [1.165, 1.54) is 0 Å². The molecule has 0 N–H and O–H groups in total. The maximum atomic E-state index is 11.5. The molecule has 2 unspecified atom stereocenters. The summed E-state index contributed by atoms with van der Waals surface area (Å²) >= 11 is 0. The van der Waals surface area contributed by atoms with Gasteiger partial charge >= 0.3 is 5.97 Å². The molecule has 0 radical (unpaired) electrons. The standard InChI is InChI=1S/C10H19NO2/c1-4-13-10(12)9-6-5-7-11(3)8(9)2/h8-9H,4-7H2,1-3H3. The lowest BCUT2D eigenvalue weighted by molar-refractivity contribution is -0.151. The minimum absolute atomic E-state index is 0.0263. The van der Waals surface area contributed by atoms with Gasteiger partial charge in [0.05, 0.1) is 12.5 Å². The highest BCUT2D eigenvalue weighted by atomic mass is 16.5. The summed E-state index contributed by atoms with van der Waals surface area (Å²) in [5.41, 5.74) is 0. The van der Waals surface area contributed by atoms with Gasteiger partial charge in [0, 0.05) is 6.04 Å². The van der Waals surface area contributed by atoms with Crippen LogP contribution in [0.4, 0.5) is 0 Å².